The van der Waals surface area contributed by atoms with Gasteiger partial charge in [0, 0.05) is 30.5 Å². The van der Waals surface area contributed by atoms with Crippen molar-refractivity contribution in [3.05, 3.63) is 47.7 Å². The maximum atomic E-state index is 13.0. The van der Waals surface area contributed by atoms with Crippen LogP contribution in [0, 0.1) is 0 Å². The van der Waals surface area contributed by atoms with E-state index in [4.69, 9.17) is 18.9 Å². The number of aromatic nitrogens is 1. The first kappa shape index (κ1) is 21.6. The third kappa shape index (κ3) is 5.07. The molecule has 0 bridgehead atoms. The molecule has 1 N–H and O–H groups in total. The fourth-order valence-corrected chi connectivity index (χ4v) is 2.93. The molecule has 1 aliphatic heterocycles. The first-order valence-corrected chi connectivity index (χ1v) is 9.66. The van der Waals surface area contributed by atoms with E-state index in [1.807, 2.05) is 0 Å². The van der Waals surface area contributed by atoms with Crippen LogP contribution in [0.25, 0.3) is 0 Å². The second kappa shape index (κ2) is 9.13. The van der Waals surface area contributed by atoms with Crippen molar-refractivity contribution in [1.29, 1.82) is 0 Å². The van der Waals surface area contributed by atoms with E-state index >= 15 is 0 Å². The van der Waals surface area contributed by atoms with E-state index in [0.29, 0.717) is 23.8 Å². The smallest absolute Gasteiger partial charge is 0.347 e. The molecule has 1 aromatic carbocycles. The number of benzene rings is 1. The number of ketones is 1. The van der Waals surface area contributed by atoms with Crippen LogP contribution in [-0.4, -0.2) is 53.9 Å². The number of carbonyl (C=O) groups is 2. The van der Waals surface area contributed by atoms with Crippen LogP contribution in [0.4, 0.5) is 0 Å². The van der Waals surface area contributed by atoms with Gasteiger partial charge in [-0.1, -0.05) is 0 Å². The lowest BCUT2D eigenvalue weighted by Crippen LogP contribution is -2.38. The van der Waals surface area contributed by atoms with Crippen LogP contribution in [-0.2, 0) is 9.53 Å². The van der Waals surface area contributed by atoms with Gasteiger partial charge in [0.05, 0.1) is 18.8 Å². The molecule has 8 nitrogen and oxygen atoms in total. The summed E-state index contributed by atoms with van der Waals surface area (Å²) in [6.45, 7) is 3.98. The molecular formula is C22H25NO7. The molecule has 2 aromatic rings. The number of hydrogen-bond donors (Lipinski definition) is 1. The van der Waals surface area contributed by atoms with E-state index < -0.39 is 11.6 Å². The SMILES string of the molecule is COc1ccc(C(=O)c2ccc(OCC3CCCO3)nc2)c(OC(C)(C)C(=O)O)c1. The molecule has 1 aromatic heterocycles. The quantitative estimate of drug-likeness (QED) is 0.623. The van der Waals surface area contributed by atoms with Crippen molar-refractivity contribution >= 4 is 11.8 Å². The third-order valence-electron chi connectivity index (χ3n) is 4.75. The molecule has 0 radical (unpaired) electrons. The van der Waals surface area contributed by atoms with Gasteiger partial charge in [-0.2, -0.15) is 0 Å². The van der Waals surface area contributed by atoms with Crippen LogP contribution in [0.3, 0.4) is 0 Å². The van der Waals surface area contributed by atoms with Crippen LogP contribution in [0.5, 0.6) is 17.4 Å². The highest BCUT2D eigenvalue weighted by molar-refractivity contribution is 6.10. The minimum atomic E-state index is -1.53. The summed E-state index contributed by atoms with van der Waals surface area (Å²) in [5.74, 6) is -0.547. The molecule has 0 aliphatic carbocycles. The average Bonchev–Trinajstić information content (AvgIpc) is 3.25. The van der Waals surface area contributed by atoms with E-state index in [-0.39, 0.29) is 23.2 Å². The van der Waals surface area contributed by atoms with Crippen molar-refractivity contribution in [2.24, 2.45) is 0 Å². The molecule has 1 saturated heterocycles. The van der Waals surface area contributed by atoms with Crippen LogP contribution in [0.2, 0.25) is 0 Å². The summed E-state index contributed by atoms with van der Waals surface area (Å²) in [6.07, 6.45) is 3.48. The van der Waals surface area contributed by atoms with Gasteiger partial charge < -0.3 is 24.1 Å². The van der Waals surface area contributed by atoms with Gasteiger partial charge in [0.1, 0.15) is 18.1 Å². The first-order chi connectivity index (χ1) is 14.3. The molecule has 1 fully saturated rings. The summed E-state index contributed by atoms with van der Waals surface area (Å²) in [5.41, 5.74) is -0.998. The lowest BCUT2D eigenvalue weighted by atomic mass is 10.0. The van der Waals surface area contributed by atoms with Crippen LogP contribution >= 0.6 is 0 Å². The summed E-state index contributed by atoms with van der Waals surface area (Å²) in [4.78, 5) is 28.7. The molecule has 1 atom stereocenters. The Kier molecular flexibility index (Phi) is 6.56. The van der Waals surface area contributed by atoms with Crippen LogP contribution < -0.4 is 14.2 Å². The van der Waals surface area contributed by atoms with Crippen molar-refractivity contribution in [3.8, 4) is 17.4 Å². The van der Waals surface area contributed by atoms with Crippen molar-refractivity contribution in [2.45, 2.75) is 38.4 Å². The summed E-state index contributed by atoms with van der Waals surface area (Å²) in [6, 6.07) is 7.87. The average molecular weight is 415 g/mol. The van der Waals surface area contributed by atoms with E-state index in [0.717, 1.165) is 19.4 Å². The topological polar surface area (TPSA) is 104 Å². The van der Waals surface area contributed by atoms with Crippen molar-refractivity contribution < 1.29 is 33.6 Å². The fraction of sp³-hybridized carbons (Fsp3) is 0.409. The van der Waals surface area contributed by atoms with Gasteiger partial charge in [-0.25, -0.2) is 9.78 Å². The maximum Gasteiger partial charge on any atom is 0.347 e. The molecule has 0 spiro atoms. The lowest BCUT2D eigenvalue weighted by molar-refractivity contribution is -0.152. The van der Waals surface area contributed by atoms with Gasteiger partial charge in [0.25, 0.3) is 0 Å². The highest BCUT2D eigenvalue weighted by Gasteiger charge is 2.31. The highest BCUT2D eigenvalue weighted by atomic mass is 16.5. The van der Waals surface area contributed by atoms with Crippen LogP contribution in [0.1, 0.15) is 42.6 Å². The zero-order valence-electron chi connectivity index (χ0n) is 17.2. The minimum absolute atomic E-state index is 0.0738. The van der Waals surface area contributed by atoms with Crippen molar-refractivity contribution in [3.63, 3.8) is 0 Å². The predicted octanol–water partition coefficient (Wildman–Crippen LogP) is 3.12. The predicted molar refractivity (Wildman–Crippen MR) is 107 cm³/mol. The van der Waals surface area contributed by atoms with Gasteiger partial charge in [-0.15, -0.1) is 0 Å². The number of ether oxygens (including phenoxy) is 4. The molecular weight excluding hydrogens is 390 g/mol. The Balaban J connectivity index is 1.78. The second-order valence-corrected chi connectivity index (χ2v) is 7.44. The molecule has 2 heterocycles. The first-order valence-electron chi connectivity index (χ1n) is 9.66. The fourth-order valence-electron chi connectivity index (χ4n) is 2.93. The highest BCUT2D eigenvalue weighted by Crippen LogP contribution is 2.30. The number of methoxy groups -OCH3 is 1. The zero-order chi connectivity index (χ0) is 21.7. The number of pyridine rings is 1. The molecule has 1 unspecified atom stereocenters. The third-order valence-corrected chi connectivity index (χ3v) is 4.75. The molecule has 160 valence electrons. The Bertz CT molecular complexity index is 902. The summed E-state index contributed by atoms with van der Waals surface area (Å²) in [7, 11) is 1.47. The van der Waals surface area contributed by atoms with E-state index in [9.17, 15) is 14.7 Å². The van der Waals surface area contributed by atoms with Gasteiger partial charge in [0.2, 0.25) is 5.88 Å². The number of carboxylic acid groups (broad SMARTS) is 1. The molecule has 0 saturated carbocycles. The summed E-state index contributed by atoms with van der Waals surface area (Å²) < 4.78 is 21.9. The van der Waals surface area contributed by atoms with Gasteiger partial charge in [-0.05, 0) is 44.9 Å². The standard InChI is InChI=1S/C22H25NO7/c1-22(2,21(25)26)30-18-11-15(27-3)7-8-17(18)20(24)14-6-9-19(23-12-14)29-13-16-5-4-10-28-16/h6-9,11-12,16H,4-5,10,13H2,1-3H3,(H,25,26). The summed E-state index contributed by atoms with van der Waals surface area (Å²) >= 11 is 0. The second-order valence-electron chi connectivity index (χ2n) is 7.44. The normalized spacial score (nSPS) is 16.2. The largest absolute Gasteiger partial charge is 0.497 e. The van der Waals surface area contributed by atoms with Crippen LogP contribution in [0.15, 0.2) is 36.5 Å². The van der Waals surface area contributed by atoms with Crippen molar-refractivity contribution in [1.82, 2.24) is 4.98 Å². The molecule has 8 heteroatoms. The van der Waals surface area contributed by atoms with E-state index in [1.165, 1.54) is 39.3 Å². The lowest BCUT2D eigenvalue weighted by Gasteiger charge is -2.23. The Morgan fingerprint density at radius 1 is 1.27 bits per heavy atom. The number of rotatable bonds is 9. The number of hydrogen-bond acceptors (Lipinski definition) is 7. The Morgan fingerprint density at radius 2 is 2.07 bits per heavy atom. The molecule has 30 heavy (non-hydrogen) atoms. The Morgan fingerprint density at radius 3 is 2.67 bits per heavy atom. The monoisotopic (exact) mass is 415 g/mol. The molecule has 0 amide bonds. The number of carbonyl (C=O) groups excluding carboxylic acids is 1. The van der Waals surface area contributed by atoms with Crippen molar-refractivity contribution in [2.75, 3.05) is 20.3 Å². The molecule has 1 aliphatic rings. The Labute approximate surface area is 174 Å². The van der Waals surface area contributed by atoms with Gasteiger partial charge >= 0.3 is 5.97 Å². The summed E-state index contributed by atoms with van der Waals surface area (Å²) in [5, 5.41) is 9.36. The zero-order valence-corrected chi connectivity index (χ0v) is 17.2. The minimum Gasteiger partial charge on any atom is -0.497 e. The van der Waals surface area contributed by atoms with Gasteiger partial charge in [0.15, 0.2) is 11.4 Å². The number of nitrogens with zero attached hydrogens (tertiary/aromatic N) is 1. The number of aliphatic carboxylic acids is 1. The molecule has 3 rings (SSSR count). The maximum absolute atomic E-state index is 13.0. The van der Waals surface area contributed by atoms with E-state index in [2.05, 4.69) is 4.98 Å². The van der Waals surface area contributed by atoms with Gasteiger partial charge in [-0.3, -0.25) is 4.79 Å². The van der Waals surface area contributed by atoms with E-state index in [1.54, 1.807) is 18.2 Å². The number of carboxylic acids is 1. The Hall–Kier alpha value is -3.13.